The topological polar surface area (TPSA) is 100 Å². The summed E-state index contributed by atoms with van der Waals surface area (Å²) in [7, 11) is 0. The maximum absolute atomic E-state index is 13.9. The van der Waals surface area contributed by atoms with Gasteiger partial charge in [0, 0.05) is 12.1 Å². The molecular weight excluding hydrogens is 466 g/mol. The Labute approximate surface area is 216 Å². The van der Waals surface area contributed by atoms with Crippen LogP contribution in [0, 0.1) is 0 Å². The molecule has 0 spiro atoms. The number of benzene rings is 3. The van der Waals surface area contributed by atoms with Crippen LogP contribution in [-0.2, 0) is 22.6 Å². The first-order chi connectivity index (χ1) is 17.8. The molecule has 0 saturated carbocycles. The van der Waals surface area contributed by atoms with Crippen LogP contribution in [0.1, 0.15) is 44.4 Å². The lowest BCUT2D eigenvalue weighted by Gasteiger charge is -2.34. The van der Waals surface area contributed by atoms with Crippen LogP contribution in [0.3, 0.4) is 0 Å². The molecule has 192 valence electrons. The highest BCUT2D eigenvalue weighted by atomic mass is 16.3. The van der Waals surface area contributed by atoms with Crippen LogP contribution < -0.4 is 5.32 Å². The van der Waals surface area contributed by atoms with Crippen LogP contribution in [0.5, 0.6) is 5.75 Å². The van der Waals surface area contributed by atoms with Gasteiger partial charge in [-0.05, 0) is 62.1 Å². The van der Waals surface area contributed by atoms with Gasteiger partial charge in [-0.1, -0.05) is 66.7 Å². The first-order valence-electron chi connectivity index (χ1n) is 12.5. The normalized spacial score (nSPS) is 12.3. The summed E-state index contributed by atoms with van der Waals surface area (Å²) in [6, 6.07) is 22.9. The first-order valence-corrected chi connectivity index (χ1v) is 12.5. The second kappa shape index (κ2) is 11.2. The molecule has 1 atom stereocenters. The lowest BCUT2D eigenvalue weighted by atomic mass is 9.98. The zero-order valence-corrected chi connectivity index (χ0v) is 21.5. The third-order valence-corrected chi connectivity index (χ3v) is 6.62. The molecule has 37 heavy (non-hydrogen) atoms. The minimum Gasteiger partial charge on any atom is -0.508 e. The van der Waals surface area contributed by atoms with E-state index < -0.39 is 11.6 Å². The van der Waals surface area contributed by atoms with Crippen molar-refractivity contribution in [3.8, 4) is 5.75 Å². The molecule has 2 N–H and O–H groups in total. The summed E-state index contributed by atoms with van der Waals surface area (Å²) >= 11 is 0. The number of para-hydroxylation sites is 1. The van der Waals surface area contributed by atoms with Gasteiger partial charge in [0.2, 0.25) is 11.8 Å². The first kappa shape index (κ1) is 25.9. The fraction of sp³-hybridized carbons (Fsp3) is 0.310. The van der Waals surface area contributed by atoms with Gasteiger partial charge in [-0.25, -0.2) is 4.68 Å². The fourth-order valence-corrected chi connectivity index (χ4v) is 4.16. The third kappa shape index (κ3) is 6.33. The third-order valence-electron chi connectivity index (χ3n) is 6.62. The zero-order chi connectivity index (χ0) is 26.4. The van der Waals surface area contributed by atoms with E-state index in [0.717, 1.165) is 17.5 Å². The van der Waals surface area contributed by atoms with Gasteiger partial charge in [0.25, 0.3) is 0 Å². The highest BCUT2D eigenvalue weighted by Crippen LogP contribution is 2.26. The molecule has 0 fully saturated rings. The van der Waals surface area contributed by atoms with Gasteiger partial charge in [0.15, 0.2) is 0 Å². The Balaban J connectivity index is 1.71. The average Bonchev–Trinajstić information content (AvgIpc) is 3.30. The number of hydrogen-bond donors (Lipinski definition) is 2. The molecule has 0 aliphatic rings. The minimum absolute atomic E-state index is 0.0612. The highest BCUT2D eigenvalue weighted by Gasteiger charge is 2.34. The molecule has 1 heterocycles. The predicted octanol–water partition coefficient (Wildman–Crippen LogP) is 4.25. The molecule has 4 rings (SSSR count). The van der Waals surface area contributed by atoms with Gasteiger partial charge >= 0.3 is 0 Å². The SMILES string of the molecule is CCC(C)(C)NC(=O)[C@H](c1ccc(O)cc1)N(CCc1ccccc1)C(=O)Cn1nnc2ccccc21. The summed E-state index contributed by atoms with van der Waals surface area (Å²) in [5.41, 5.74) is 2.67. The van der Waals surface area contributed by atoms with Crippen molar-refractivity contribution in [2.75, 3.05) is 6.54 Å². The molecule has 2 amide bonds. The Morgan fingerprint density at radius 2 is 1.68 bits per heavy atom. The van der Waals surface area contributed by atoms with Gasteiger partial charge in [0.1, 0.15) is 23.9 Å². The van der Waals surface area contributed by atoms with Crippen LogP contribution in [0.25, 0.3) is 11.0 Å². The number of hydrogen-bond acceptors (Lipinski definition) is 5. The quantitative estimate of drug-likeness (QED) is 0.340. The van der Waals surface area contributed by atoms with E-state index in [1.165, 1.54) is 12.1 Å². The molecule has 0 aliphatic heterocycles. The lowest BCUT2D eigenvalue weighted by molar-refractivity contribution is -0.142. The van der Waals surface area contributed by atoms with Gasteiger partial charge in [-0.3, -0.25) is 9.59 Å². The summed E-state index contributed by atoms with van der Waals surface area (Å²) in [6.45, 7) is 6.17. The summed E-state index contributed by atoms with van der Waals surface area (Å²) in [5, 5.41) is 21.3. The Morgan fingerprint density at radius 3 is 2.38 bits per heavy atom. The van der Waals surface area contributed by atoms with Crippen molar-refractivity contribution in [1.82, 2.24) is 25.2 Å². The van der Waals surface area contributed by atoms with Gasteiger partial charge in [0.05, 0.1) is 5.52 Å². The number of aromatic hydroxyl groups is 1. The van der Waals surface area contributed by atoms with Crippen molar-refractivity contribution >= 4 is 22.8 Å². The minimum atomic E-state index is -0.891. The van der Waals surface area contributed by atoms with Crippen molar-refractivity contribution in [3.05, 3.63) is 90.0 Å². The van der Waals surface area contributed by atoms with Crippen LogP contribution in [0.4, 0.5) is 0 Å². The number of phenolic OH excluding ortho intramolecular Hbond substituents is 1. The number of amides is 2. The number of nitrogens with one attached hydrogen (secondary N) is 1. The predicted molar refractivity (Wildman–Crippen MR) is 143 cm³/mol. The lowest BCUT2D eigenvalue weighted by Crippen LogP contribution is -2.51. The monoisotopic (exact) mass is 499 g/mol. The molecule has 0 radical (unpaired) electrons. The van der Waals surface area contributed by atoms with Crippen molar-refractivity contribution in [1.29, 1.82) is 0 Å². The molecule has 4 aromatic rings. The van der Waals surface area contributed by atoms with Crippen molar-refractivity contribution < 1.29 is 14.7 Å². The Morgan fingerprint density at radius 1 is 1.00 bits per heavy atom. The largest absolute Gasteiger partial charge is 0.508 e. The molecule has 0 aliphatic carbocycles. The summed E-state index contributed by atoms with van der Waals surface area (Å²) in [6.07, 6.45) is 1.30. The smallest absolute Gasteiger partial charge is 0.247 e. The van der Waals surface area contributed by atoms with Crippen LogP contribution >= 0.6 is 0 Å². The van der Waals surface area contributed by atoms with E-state index in [9.17, 15) is 14.7 Å². The second-order valence-electron chi connectivity index (χ2n) is 9.78. The fourth-order valence-electron chi connectivity index (χ4n) is 4.16. The maximum Gasteiger partial charge on any atom is 0.247 e. The molecule has 0 saturated heterocycles. The van der Waals surface area contributed by atoms with E-state index in [0.29, 0.717) is 24.0 Å². The van der Waals surface area contributed by atoms with Crippen LogP contribution in [0.2, 0.25) is 0 Å². The summed E-state index contributed by atoms with van der Waals surface area (Å²) < 4.78 is 1.56. The van der Waals surface area contributed by atoms with Crippen molar-refractivity contribution in [2.45, 2.75) is 51.7 Å². The summed E-state index contributed by atoms with van der Waals surface area (Å²) in [5.74, 6) is -0.440. The number of carbonyl (C=O) groups is 2. The Hall–Kier alpha value is -4.20. The van der Waals surface area contributed by atoms with Crippen molar-refractivity contribution in [3.63, 3.8) is 0 Å². The average molecular weight is 500 g/mol. The number of rotatable bonds is 10. The number of phenols is 1. The highest BCUT2D eigenvalue weighted by molar-refractivity contribution is 5.89. The number of carbonyl (C=O) groups excluding carboxylic acids is 2. The van der Waals surface area contributed by atoms with Gasteiger partial charge in [-0.15, -0.1) is 5.10 Å². The Bertz CT molecular complexity index is 1350. The van der Waals surface area contributed by atoms with E-state index in [1.54, 1.807) is 21.7 Å². The molecule has 8 heteroatoms. The second-order valence-corrected chi connectivity index (χ2v) is 9.78. The molecule has 0 bridgehead atoms. The van der Waals surface area contributed by atoms with Crippen LogP contribution in [0.15, 0.2) is 78.9 Å². The maximum atomic E-state index is 13.9. The standard InChI is InChI=1S/C29H33N5O3/c1-4-29(2,3)30-28(37)27(22-14-16-23(35)17-15-22)33(19-18-21-10-6-5-7-11-21)26(36)20-34-25-13-9-8-12-24(25)31-32-34/h5-17,27,35H,4,18-20H2,1-3H3,(H,30,37)/t27-/m0/s1. The van der Waals surface area contributed by atoms with Crippen molar-refractivity contribution in [2.24, 2.45) is 0 Å². The summed E-state index contributed by atoms with van der Waals surface area (Å²) in [4.78, 5) is 29.3. The Kier molecular flexibility index (Phi) is 7.86. The van der Waals surface area contributed by atoms with E-state index in [2.05, 4.69) is 15.6 Å². The van der Waals surface area contributed by atoms with E-state index >= 15 is 0 Å². The zero-order valence-electron chi connectivity index (χ0n) is 21.5. The van der Waals surface area contributed by atoms with Crippen LogP contribution in [-0.4, -0.2) is 48.9 Å². The number of nitrogens with zero attached hydrogens (tertiary/aromatic N) is 4. The van der Waals surface area contributed by atoms with Gasteiger partial charge < -0.3 is 15.3 Å². The van der Waals surface area contributed by atoms with E-state index in [1.807, 2.05) is 75.4 Å². The molecule has 1 aromatic heterocycles. The molecule has 3 aromatic carbocycles. The number of fused-ring (bicyclic) bond motifs is 1. The van der Waals surface area contributed by atoms with E-state index in [-0.39, 0.29) is 24.1 Å². The van der Waals surface area contributed by atoms with Gasteiger partial charge in [-0.2, -0.15) is 0 Å². The van der Waals surface area contributed by atoms with E-state index in [4.69, 9.17) is 0 Å². The molecular formula is C29H33N5O3. The molecule has 8 nitrogen and oxygen atoms in total. The molecule has 0 unspecified atom stereocenters. The number of aromatic nitrogens is 3.